The molecule has 1 saturated heterocycles. The number of hydrogen-bond donors (Lipinski definition) is 2. The summed E-state index contributed by atoms with van der Waals surface area (Å²) in [6, 6.07) is 13.5. The van der Waals surface area contributed by atoms with Gasteiger partial charge < -0.3 is 15.4 Å². The average molecular weight is 350 g/mol. The molecule has 0 saturated carbocycles. The number of anilines is 1. The molecule has 5 nitrogen and oxygen atoms in total. The molecule has 0 aromatic heterocycles. The first-order valence-electron chi connectivity index (χ1n) is 8.84. The maximum Gasteiger partial charge on any atom is 0.237 e. The van der Waals surface area contributed by atoms with Crippen LogP contribution in [0.25, 0.3) is 0 Å². The van der Waals surface area contributed by atoms with Crippen LogP contribution >= 0.6 is 0 Å². The zero-order valence-electron chi connectivity index (χ0n) is 15.1. The van der Waals surface area contributed by atoms with Crippen molar-refractivity contribution < 1.29 is 14.3 Å². The van der Waals surface area contributed by atoms with Gasteiger partial charge in [0.25, 0.3) is 0 Å². The molecule has 2 N–H and O–H groups in total. The minimum atomic E-state index is -0.783. The Balaban J connectivity index is 1.68. The van der Waals surface area contributed by atoms with E-state index in [-0.39, 0.29) is 17.7 Å². The number of amides is 2. The molecule has 2 aromatic rings. The van der Waals surface area contributed by atoms with Crippen LogP contribution in [0.2, 0.25) is 0 Å². The first kappa shape index (κ1) is 16.6. The van der Waals surface area contributed by atoms with Gasteiger partial charge >= 0.3 is 0 Å². The van der Waals surface area contributed by atoms with Gasteiger partial charge in [0.15, 0.2) is 5.72 Å². The second-order valence-corrected chi connectivity index (χ2v) is 7.46. The van der Waals surface area contributed by atoms with Crippen molar-refractivity contribution in [3.05, 3.63) is 59.2 Å². The Kier molecular flexibility index (Phi) is 3.75. The first-order chi connectivity index (χ1) is 12.4. The summed E-state index contributed by atoms with van der Waals surface area (Å²) in [6.07, 6.45) is 0.570. The van der Waals surface area contributed by atoms with Crippen LogP contribution in [0.3, 0.4) is 0 Å². The van der Waals surface area contributed by atoms with Crippen molar-refractivity contribution >= 4 is 17.5 Å². The van der Waals surface area contributed by atoms with Gasteiger partial charge in [0.2, 0.25) is 11.8 Å². The maximum absolute atomic E-state index is 13.0. The predicted octanol–water partition coefficient (Wildman–Crippen LogP) is 3.27. The number of benzene rings is 2. The Morgan fingerprint density at radius 1 is 1.23 bits per heavy atom. The van der Waals surface area contributed by atoms with Crippen molar-refractivity contribution in [2.45, 2.75) is 38.8 Å². The van der Waals surface area contributed by atoms with Crippen LogP contribution in [0, 0.1) is 19.8 Å². The minimum absolute atomic E-state index is 0.204. The van der Waals surface area contributed by atoms with Crippen molar-refractivity contribution in [3.63, 3.8) is 0 Å². The van der Waals surface area contributed by atoms with E-state index >= 15 is 0 Å². The highest BCUT2D eigenvalue weighted by molar-refractivity contribution is 6.08. The Labute approximate surface area is 152 Å². The summed E-state index contributed by atoms with van der Waals surface area (Å²) >= 11 is 0. The number of ether oxygens (including phenoxy) is 1. The summed E-state index contributed by atoms with van der Waals surface area (Å²) in [5, 5.41) is 5.83. The Hall–Kier alpha value is -2.82. The van der Waals surface area contributed by atoms with E-state index in [1.54, 1.807) is 0 Å². The van der Waals surface area contributed by atoms with Gasteiger partial charge in [0.1, 0.15) is 11.7 Å². The molecule has 3 atom stereocenters. The third kappa shape index (κ3) is 2.73. The molecule has 0 unspecified atom stereocenters. The van der Waals surface area contributed by atoms with E-state index in [1.807, 2.05) is 63.2 Å². The van der Waals surface area contributed by atoms with Crippen molar-refractivity contribution in [3.8, 4) is 5.75 Å². The smallest absolute Gasteiger partial charge is 0.237 e. The van der Waals surface area contributed by atoms with Gasteiger partial charge in [-0.3, -0.25) is 9.59 Å². The van der Waals surface area contributed by atoms with Crippen molar-refractivity contribution in [1.29, 1.82) is 0 Å². The van der Waals surface area contributed by atoms with Gasteiger partial charge in [0, 0.05) is 18.0 Å². The molecule has 0 radical (unpaired) electrons. The Morgan fingerprint density at radius 3 is 2.77 bits per heavy atom. The van der Waals surface area contributed by atoms with Crippen molar-refractivity contribution in [2.24, 2.45) is 5.92 Å². The fraction of sp³-hybridized carbons (Fsp3) is 0.333. The number of aryl methyl sites for hydroxylation is 2. The highest BCUT2D eigenvalue weighted by Crippen LogP contribution is 2.46. The van der Waals surface area contributed by atoms with E-state index in [4.69, 9.17) is 4.74 Å². The van der Waals surface area contributed by atoms with Crippen molar-refractivity contribution in [2.75, 3.05) is 5.32 Å². The monoisotopic (exact) mass is 350 g/mol. The highest BCUT2D eigenvalue weighted by atomic mass is 16.5. The zero-order valence-corrected chi connectivity index (χ0v) is 15.1. The number of piperidine rings is 1. The quantitative estimate of drug-likeness (QED) is 0.817. The Bertz CT molecular complexity index is 908. The molecule has 2 heterocycles. The summed E-state index contributed by atoms with van der Waals surface area (Å²) in [5.41, 5.74) is 2.99. The molecule has 134 valence electrons. The van der Waals surface area contributed by atoms with Gasteiger partial charge in [-0.25, -0.2) is 0 Å². The number of nitrogens with one attached hydrogen (secondary N) is 2. The standard InChI is InChI=1S/C21H22N2O3/c1-12-8-9-16(13(2)10-12)22-19(24)18-15-11-21(3,23-20(18)25)26-17-7-5-4-6-14(15)17/h4-10,15,18H,11H2,1-3H3,(H,22,24)(H,23,25)/t15-,18+,21-/m1/s1. The number of fused-ring (bicyclic) bond motifs is 4. The molecule has 26 heavy (non-hydrogen) atoms. The molecule has 2 aliphatic rings. The van der Waals surface area contributed by atoms with Crippen LogP contribution in [-0.4, -0.2) is 17.5 Å². The lowest BCUT2D eigenvalue weighted by molar-refractivity contribution is -0.145. The average Bonchev–Trinajstić information content (AvgIpc) is 2.56. The van der Waals surface area contributed by atoms with Gasteiger partial charge in [0.05, 0.1) is 0 Å². The normalized spacial score (nSPS) is 26.3. The lowest BCUT2D eigenvalue weighted by atomic mass is 9.74. The van der Waals surface area contributed by atoms with Crippen LogP contribution < -0.4 is 15.4 Å². The van der Waals surface area contributed by atoms with E-state index in [0.29, 0.717) is 6.42 Å². The molecule has 2 aromatic carbocycles. The molecular formula is C21H22N2O3. The molecule has 4 rings (SSSR count). The van der Waals surface area contributed by atoms with Crippen LogP contribution in [0.15, 0.2) is 42.5 Å². The summed E-state index contributed by atoms with van der Waals surface area (Å²) < 4.78 is 5.98. The van der Waals surface area contributed by atoms with E-state index in [0.717, 1.165) is 28.1 Å². The van der Waals surface area contributed by atoms with Crippen LogP contribution in [-0.2, 0) is 9.59 Å². The van der Waals surface area contributed by atoms with Crippen molar-refractivity contribution in [1.82, 2.24) is 5.32 Å². The molecule has 2 bridgehead atoms. The fourth-order valence-corrected chi connectivity index (χ4v) is 4.05. The summed E-state index contributed by atoms with van der Waals surface area (Å²) in [4.78, 5) is 25.8. The van der Waals surface area contributed by atoms with E-state index in [2.05, 4.69) is 10.6 Å². The minimum Gasteiger partial charge on any atom is -0.468 e. The van der Waals surface area contributed by atoms with Crippen LogP contribution in [0.5, 0.6) is 5.75 Å². The number of carbonyl (C=O) groups excluding carboxylic acids is 2. The SMILES string of the molecule is Cc1ccc(NC(=O)[C@H]2C(=O)N[C@@]3(C)C[C@@H]2c2ccccc2O3)c(C)c1. The third-order valence-corrected chi connectivity index (χ3v) is 5.26. The number of para-hydroxylation sites is 1. The predicted molar refractivity (Wildman–Crippen MR) is 99.0 cm³/mol. The largest absolute Gasteiger partial charge is 0.468 e. The third-order valence-electron chi connectivity index (χ3n) is 5.26. The maximum atomic E-state index is 13.0. The molecule has 2 amide bonds. The number of carbonyl (C=O) groups is 2. The summed E-state index contributed by atoms with van der Waals surface area (Å²) in [6.45, 7) is 5.81. The van der Waals surface area contributed by atoms with Gasteiger partial charge in [-0.05, 0) is 44.0 Å². The van der Waals surface area contributed by atoms with Crippen LogP contribution in [0.1, 0.15) is 36.0 Å². The van der Waals surface area contributed by atoms with Crippen LogP contribution in [0.4, 0.5) is 5.69 Å². The number of hydrogen-bond acceptors (Lipinski definition) is 3. The molecular weight excluding hydrogens is 328 g/mol. The molecule has 5 heteroatoms. The lowest BCUT2D eigenvalue weighted by Gasteiger charge is -2.46. The van der Waals surface area contributed by atoms with E-state index < -0.39 is 11.6 Å². The van der Waals surface area contributed by atoms with Gasteiger partial charge in [-0.15, -0.1) is 0 Å². The first-order valence-corrected chi connectivity index (χ1v) is 8.84. The zero-order chi connectivity index (χ0) is 18.5. The van der Waals surface area contributed by atoms with E-state index in [1.165, 1.54) is 0 Å². The highest BCUT2D eigenvalue weighted by Gasteiger charge is 2.51. The second kappa shape index (κ2) is 5.87. The summed E-state index contributed by atoms with van der Waals surface area (Å²) in [5.74, 6) is -0.826. The van der Waals surface area contributed by atoms with Gasteiger partial charge in [-0.2, -0.15) is 0 Å². The molecule has 2 aliphatic heterocycles. The molecule has 0 spiro atoms. The number of rotatable bonds is 2. The topological polar surface area (TPSA) is 67.4 Å². The second-order valence-electron chi connectivity index (χ2n) is 7.46. The van der Waals surface area contributed by atoms with Gasteiger partial charge in [-0.1, -0.05) is 35.9 Å². The lowest BCUT2D eigenvalue weighted by Crippen LogP contribution is -2.62. The molecule has 0 aliphatic carbocycles. The molecule has 1 fully saturated rings. The fourth-order valence-electron chi connectivity index (χ4n) is 4.05. The summed E-state index contributed by atoms with van der Waals surface area (Å²) in [7, 11) is 0. The Morgan fingerprint density at radius 2 is 2.00 bits per heavy atom. The van der Waals surface area contributed by atoms with E-state index in [9.17, 15) is 9.59 Å².